The molecule has 0 aromatic rings. The molecular weight excluding hydrogens is 220 g/mol. The van der Waals surface area contributed by atoms with Gasteiger partial charge in [-0.15, -0.1) is 0 Å². The van der Waals surface area contributed by atoms with E-state index < -0.39 is 12.0 Å². The van der Waals surface area contributed by atoms with E-state index in [-0.39, 0.29) is 18.7 Å². The summed E-state index contributed by atoms with van der Waals surface area (Å²) in [6, 6.07) is -0.683. The molecule has 0 spiro atoms. The van der Waals surface area contributed by atoms with E-state index in [0.717, 1.165) is 6.54 Å². The molecule has 0 saturated heterocycles. The number of carboxylic acids is 1. The number of rotatable bonds is 6. The molecule has 1 fully saturated rings. The van der Waals surface area contributed by atoms with Crippen molar-refractivity contribution < 1.29 is 14.7 Å². The van der Waals surface area contributed by atoms with Crippen LogP contribution in [0.4, 0.5) is 0 Å². The Hall–Kier alpha value is -1.10. The maximum atomic E-state index is 11.9. The summed E-state index contributed by atoms with van der Waals surface area (Å²) < 4.78 is 0. The molecule has 1 amide bonds. The molecule has 0 radical (unpaired) electrons. The highest BCUT2D eigenvalue weighted by atomic mass is 16.4. The highest BCUT2D eigenvalue weighted by Gasteiger charge is 2.23. The van der Waals surface area contributed by atoms with Crippen LogP contribution in [0.2, 0.25) is 0 Å². The standard InChI is InChI=1S/C12H22N2O3/c1-14(8-9-4-2-3-5-9)12(17)10(13)6-7-11(15)16/h9-10H,2-8,13H2,1H3,(H,15,16). The van der Waals surface area contributed by atoms with Crippen LogP contribution in [0.5, 0.6) is 0 Å². The lowest BCUT2D eigenvalue weighted by molar-refractivity contribution is -0.137. The van der Waals surface area contributed by atoms with E-state index in [9.17, 15) is 9.59 Å². The molecule has 1 saturated carbocycles. The Bertz CT molecular complexity index is 275. The van der Waals surface area contributed by atoms with Gasteiger partial charge < -0.3 is 15.7 Å². The van der Waals surface area contributed by atoms with Crippen molar-refractivity contribution in [2.45, 2.75) is 44.6 Å². The third-order valence-electron chi connectivity index (χ3n) is 3.37. The number of aliphatic carboxylic acids is 1. The fraction of sp³-hybridized carbons (Fsp3) is 0.833. The molecule has 0 bridgehead atoms. The SMILES string of the molecule is CN(CC1CCCC1)C(=O)C(N)CCC(=O)O. The van der Waals surface area contributed by atoms with Crippen LogP contribution in [-0.4, -0.2) is 41.5 Å². The summed E-state index contributed by atoms with van der Waals surface area (Å²) in [4.78, 5) is 23.9. The lowest BCUT2D eigenvalue weighted by Gasteiger charge is -2.24. The number of carboxylic acid groups (broad SMARTS) is 1. The van der Waals surface area contributed by atoms with Crippen molar-refractivity contribution in [3.05, 3.63) is 0 Å². The Labute approximate surface area is 102 Å². The molecule has 1 aliphatic rings. The quantitative estimate of drug-likeness (QED) is 0.722. The maximum Gasteiger partial charge on any atom is 0.303 e. The van der Waals surface area contributed by atoms with E-state index in [1.165, 1.54) is 25.7 Å². The van der Waals surface area contributed by atoms with Gasteiger partial charge in [0.2, 0.25) is 5.91 Å². The molecule has 0 aromatic heterocycles. The van der Waals surface area contributed by atoms with E-state index in [0.29, 0.717) is 5.92 Å². The molecule has 98 valence electrons. The topological polar surface area (TPSA) is 83.6 Å². The van der Waals surface area contributed by atoms with E-state index in [2.05, 4.69) is 0 Å². The van der Waals surface area contributed by atoms with Crippen molar-refractivity contribution in [2.24, 2.45) is 11.7 Å². The highest BCUT2D eigenvalue weighted by molar-refractivity contribution is 5.82. The maximum absolute atomic E-state index is 11.9. The van der Waals surface area contributed by atoms with Crippen molar-refractivity contribution >= 4 is 11.9 Å². The summed E-state index contributed by atoms with van der Waals surface area (Å²) in [5.74, 6) is -0.458. The Morgan fingerprint density at radius 2 is 2.00 bits per heavy atom. The fourth-order valence-corrected chi connectivity index (χ4v) is 2.36. The molecule has 1 rings (SSSR count). The molecule has 1 unspecified atom stereocenters. The first-order valence-electron chi connectivity index (χ1n) is 6.23. The Morgan fingerprint density at radius 1 is 1.41 bits per heavy atom. The van der Waals surface area contributed by atoms with Gasteiger partial charge in [0.25, 0.3) is 0 Å². The predicted octanol–water partition coefficient (Wildman–Crippen LogP) is 0.827. The van der Waals surface area contributed by atoms with E-state index in [1.54, 1.807) is 11.9 Å². The number of hydrogen-bond acceptors (Lipinski definition) is 3. The number of likely N-dealkylation sites (N-methyl/N-ethyl adjacent to an activating group) is 1. The average molecular weight is 242 g/mol. The van der Waals surface area contributed by atoms with Gasteiger partial charge in [0.15, 0.2) is 0 Å². The van der Waals surface area contributed by atoms with Gasteiger partial charge in [0.1, 0.15) is 0 Å². The van der Waals surface area contributed by atoms with Crippen LogP contribution in [0.15, 0.2) is 0 Å². The molecule has 1 atom stereocenters. The minimum Gasteiger partial charge on any atom is -0.481 e. The first kappa shape index (κ1) is 14.0. The lowest BCUT2D eigenvalue weighted by Crippen LogP contribution is -2.43. The molecule has 17 heavy (non-hydrogen) atoms. The summed E-state index contributed by atoms with van der Waals surface area (Å²) >= 11 is 0. The Morgan fingerprint density at radius 3 is 2.53 bits per heavy atom. The van der Waals surface area contributed by atoms with Gasteiger partial charge >= 0.3 is 5.97 Å². The van der Waals surface area contributed by atoms with Gasteiger partial charge in [-0.2, -0.15) is 0 Å². The van der Waals surface area contributed by atoms with Gasteiger partial charge in [-0.1, -0.05) is 12.8 Å². The largest absolute Gasteiger partial charge is 0.481 e. The van der Waals surface area contributed by atoms with Crippen LogP contribution >= 0.6 is 0 Å². The number of amides is 1. The number of carbonyl (C=O) groups excluding carboxylic acids is 1. The lowest BCUT2D eigenvalue weighted by atomic mass is 10.1. The summed E-state index contributed by atoms with van der Waals surface area (Å²) in [6.07, 6.45) is 5.02. The third-order valence-corrected chi connectivity index (χ3v) is 3.37. The molecule has 3 N–H and O–H groups in total. The summed E-state index contributed by atoms with van der Waals surface area (Å²) in [7, 11) is 1.75. The number of nitrogens with zero attached hydrogens (tertiary/aromatic N) is 1. The number of nitrogens with two attached hydrogens (primary N) is 1. The zero-order valence-corrected chi connectivity index (χ0v) is 10.4. The normalized spacial score (nSPS) is 18.0. The minimum absolute atomic E-state index is 0.0514. The summed E-state index contributed by atoms with van der Waals surface area (Å²) in [5.41, 5.74) is 5.69. The zero-order chi connectivity index (χ0) is 12.8. The van der Waals surface area contributed by atoms with Gasteiger partial charge in [-0.25, -0.2) is 0 Å². The molecule has 5 heteroatoms. The summed E-state index contributed by atoms with van der Waals surface area (Å²) in [5, 5.41) is 8.53. The second-order valence-corrected chi connectivity index (χ2v) is 4.91. The van der Waals surface area contributed by atoms with Crippen molar-refractivity contribution in [1.82, 2.24) is 4.90 Å². The van der Waals surface area contributed by atoms with Crippen molar-refractivity contribution in [2.75, 3.05) is 13.6 Å². The first-order valence-corrected chi connectivity index (χ1v) is 6.23. The fourth-order valence-electron chi connectivity index (χ4n) is 2.36. The van der Waals surface area contributed by atoms with Crippen molar-refractivity contribution in [3.63, 3.8) is 0 Å². The first-order chi connectivity index (χ1) is 8.00. The monoisotopic (exact) mass is 242 g/mol. The highest BCUT2D eigenvalue weighted by Crippen LogP contribution is 2.25. The van der Waals surface area contributed by atoms with Crippen LogP contribution in [0.25, 0.3) is 0 Å². The minimum atomic E-state index is -0.910. The number of carbonyl (C=O) groups is 2. The molecule has 0 aliphatic heterocycles. The van der Waals surface area contributed by atoms with E-state index >= 15 is 0 Å². The van der Waals surface area contributed by atoms with Gasteiger partial charge in [0.05, 0.1) is 6.04 Å². The van der Waals surface area contributed by atoms with Gasteiger partial charge in [0, 0.05) is 20.0 Å². The second kappa shape index (κ2) is 6.59. The zero-order valence-electron chi connectivity index (χ0n) is 10.4. The molecule has 1 aliphatic carbocycles. The summed E-state index contributed by atoms with van der Waals surface area (Å²) in [6.45, 7) is 0.750. The Kier molecular flexibility index (Phi) is 5.41. The molecule has 0 aromatic carbocycles. The van der Waals surface area contributed by atoms with Crippen LogP contribution in [0, 0.1) is 5.92 Å². The van der Waals surface area contributed by atoms with Gasteiger partial charge in [-0.05, 0) is 25.2 Å². The van der Waals surface area contributed by atoms with Crippen LogP contribution < -0.4 is 5.73 Å². The average Bonchev–Trinajstić information content (AvgIpc) is 2.77. The van der Waals surface area contributed by atoms with Crippen molar-refractivity contribution in [1.29, 1.82) is 0 Å². The van der Waals surface area contributed by atoms with E-state index in [4.69, 9.17) is 10.8 Å². The molecule has 0 heterocycles. The van der Waals surface area contributed by atoms with Crippen LogP contribution in [0.1, 0.15) is 38.5 Å². The van der Waals surface area contributed by atoms with Crippen LogP contribution in [-0.2, 0) is 9.59 Å². The van der Waals surface area contributed by atoms with E-state index in [1.807, 2.05) is 0 Å². The molecular formula is C12H22N2O3. The second-order valence-electron chi connectivity index (χ2n) is 4.91. The Balaban J connectivity index is 2.31. The smallest absolute Gasteiger partial charge is 0.303 e. The third kappa shape index (κ3) is 4.73. The van der Waals surface area contributed by atoms with Crippen LogP contribution in [0.3, 0.4) is 0 Å². The number of hydrogen-bond donors (Lipinski definition) is 2. The van der Waals surface area contributed by atoms with Crippen molar-refractivity contribution in [3.8, 4) is 0 Å². The van der Waals surface area contributed by atoms with Gasteiger partial charge in [-0.3, -0.25) is 9.59 Å². The predicted molar refractivity (Wildman–Crippen MR) is 64.4 cm³/mol. The molecule has 5 nitrogen and oxygen atoms in total.